The van der Waals surface area contributed by atoms with Gasteiger partial charge in [0.1, 0.15) is 5.75 Å². The fourth-order valence-electron chi connectivity index (χ4n) is 1.24. The lowest BCUT2D eigenvalue weighted by molar-refractivity contribution is -0.0497. The second-order valence-corrected chi connectivity index (χ2v) is 3.81. The van der Waals surface area contributed by atoms with Crippen LogP contribution in [-0.4, -0.2) is 18.7 Å². The molecule has 0 saturated carbocycles. The molecule has 1 aromatic rings. The van der Waals surface area contributed by atoms with Crippen LogP contribution in [0.25, 0.3) is 0 Å². The third kappa shape index (κ3) is 4.99. The van der Waals surface area contributed by atoms with Crippen LogP contribution in [0.15, 0.2) is 24.3 Å². The summed E-state index contributed by atoms with van der Waals surface area (Å²) < 4.78 is 28.3. The van der Waals surface area contributed by atoms with Crippen molar-refractivity contribution in [2.75, 3.05) is 5.32 Å². The van der Waals surface area contributed by atoms with Gasteiger partial charge in [0.2, 0.25) is 0 Å². The summed E-state index contributed by atoms with van der Waals surface area (Å²) in [5.41, 5.74) is 0.397. The molecule has 0 aromatic heterocycles. The number of ether oxygens (including phenoxy) is 1. The third-order valence-corrected chi connectivity index (χ3v) is 2.31. The van der Waals surface area contributed by atoms with E-state index in [-0.39, 0.29) is 17.8 Å². The number of hydrogen-bond donors (Lipinski definition) is 2. The van der Waals surface area contributed by atoms with E-state index in [1.165, 1.54) is 18.2 Å². The molecule has 0 bridgehead atoms. The highest BCUT2D eigenvalue weighted by atomic mass is 19.3. The van der Waals surface area contributed by atoms with E-state index in [4.69, 9.17) is 0 Å². The molecule has 0 fully saturated rings. The van der Waals surface area contributed by atoms with Crippen molar-refractivity contribution in [3.8, 4) is 5.75 Å². The van der Waals surface area contributed by atoms with Gasteiger partial charge in [-0.3, -0.25) is 0 Å². The van der Waals surface area contributed by atoms with Gasteiger partial charge >= 0.3 is 12.6 Å². The molecular weight excluding hydrogens is 242 g/mol. The second kappa shape index (κ2) is 6.78. The monoisotopic (exact) mass is 258 g/mol. The van der Waals surface area contributed by atoms with Crippen LogP contribution >= 0.6 is 0 Å². The van der Waals surface area contributed by atoms with Gasteiger partial charge in [-0.1, -0.05) is 13.0 Å². The fourth-order valence-corrected chi connectivity index (χ4v) is 1.24. The Bertz CT molecular complexity index is 399. The maximum Gasteiger partial charge on any atom is 0.387 e. The van der Waals surface area contributed by atoms with Crippen LogP contribution in [0.5, 0.6) is 5.75 Å². The number of benzene rings is 1. The Labute approximate surface area is 104 Å². The molecule has 4 nitrogen and oxygen atoms in total. The molecule has 0 aliphatic rings. The molecule has 1 atom stereocenters. The Morgan fingerprint density at radius 2 is 2.17 bits per heavy atom. The lowest BCUT2D eigenvalue weighted by Crippen LogP contribution is -2.35. The zero-order valence-electron chi connectivity index (χ0n) is 10.2. The first-order chi connectivity index (χ1) is 8.51. The van der Waals surface area contributed by atoms with Crippen molar-refractivity contribution in [1.29, 1.82) is 0 Å². The van der Waals surface area contributed by atoms with Crippen molar-refractivity contribution in [2.24, 2.45) is 0 Å². The highest BCUT2D eigenvalue weighted by Crippen LogP contribution is 2.19. The van der Waals surface area contributed by atoms with Crippen LogP contribution in [0, 0.1) is 0 Å². The van der Waals surface area contributed by atoms with Gasteiger partial charge in [-0.15, -0.1) is 0 Å². The summed E-state index contributed by atoms with van der Waals surface area (Å²) in [7, 11) is 0. The van der Waals surface area contributed by atoms with Gasteiger partial charge in [0.05, 0.1) is 0 Å². The number of hydrogen-bond acceptors (Lipinski definition) is 2. The molecule has 2 amide bonds. The van der Waals surface area contributed by atoms with Gasteiger partial charge in [0.25, 0.3) is 0 Å². The van der Waals surface area contributed by atoms with Crippen LogP contribution in [0.3, 0.4) is 0 Å². The van der Waals surface area contributed by atoms with Gasteiger partial charge in [-0.2, -0.15) is 8.78 Å². The number of carbonyl (C=O) groups is 1. The minimum absolute atomic E-state index is 0.00587. The van der Waals surface area contributed by atoms with Crippen LogP contribution in [0.1, 0.15) is 20.3 Å². The van der Waals surface area contributed by atoms with Crippen molar-refractivity contribution in [3.63, 3.8) is 0 Å². The van der Waals surface area contributed by atoms with Gasteiger partial charge in [0, 0.05) is 17.8 Å². The van der Waals surface area contributed by atoms with E-state index < -0.39 is 6.61 Å². The number of halogens is 2. The molecule has 100 valence electrons. The number of alkyl halides is 2. The van der Waals surface area contributed by atoms with Gasteiger partial charge in [0.15, 0.2) is 0 Å². The zero-order valence-corrected chi connectivity index (χ0v) is 10.2. The number of nitrogens with one attached hydrogen (secondary N) is 2. The maximum atomic E-state index is 12.0. The van der Waals surface area contributed by atoms with Crippen LogP contribution in [-0.2, 0) is 0 Å². The van der Waals surface area contributed by atoms with Crippen molar-refractivity contribution in [2.45, 2.75) is 32.9 Å². The average molecular weight is 258 g/mol. The summed E-state index contributed by atoms with van der Waals surface area (Å²) in [6.45, 7) is 0.937. The molecule has 0 saturated heterocycles. The number of rotatable bonds is 5. The number of amides is 2. The lowest BCUT2D eigenvalue weighted by atomic mass is 10.2. The molecule has 18 heavy (non-hydrogen) atoms. The van der Waals surface area contributed by atoms with Crippen molar-refractivity contribution < 1.29 is 18.3 Å². The Morgan fingerprint density at radius 3 is 2.78 bits per heavy atom. The molecule has 0 aliphatic carbocycles. The zero-order chi connectivity index (χ0) is 13.5. The van der Waals surface area contributed by atoms with E-state index in [1.54, 1.807) is 6.07 Å². The van der Waals surface area contributed by atoms with Crippen LogP contribution in [0.2, 0.25) is 0 Å². The van der Waals surface area contributed by atoms with Gasteiger partial charge in [-0.25, -0.2) is 4.79 Å². The molecule has 1 rings (SSSR count). The van der Waals surface area contributed by atoms with Crippen LogP contribution in [0.4, 0.5) is 19.3 Å². The first-order valence-electron chi connectivity index (χ1n) is 5.63. The quantitative estimate of drug-likeness (QED) is 0.852. The molecule has 0 heterocycles. The van der Waals surface area contributed by atoms with E-state index in [0.29, 0.717) is 5.69 Å². The van der Waals surface area contributed by atoms with Crippen molar-refractivity contribution in [1.82, 2.24) is 5.32 Å². The minimum Gasteiger partial charge on any atom is -0.435 e. The van der Waals surface area contributed by atoms with Crippen LogP contribution < -0.4 is 15.4 Å². The predicted octanol–water partition coefficient (Wildman–Crippen LogP) is 3.21. The smallest absolute Gasteiger partial charge is 0.387 e. The Hall–Kier alpha value is -1.85. The first-order valence-corrected chi connectivity index (χ1v) is 5.63. The largest absolute Gasteiger partial charge is 0.435 e. The first kappa shape index (κ1) is 14.2. The van der Waals surface area contributed by atoms with E-state index >= 15 is 0 Å². The van der Waals surface area contributed by atoms with E-state index in [2.05, 4.69) is 15.4 Å². The molecule has 2 N–H and O–H groups in total. The summed E-state index contributed by atoms with van der Waals surface area (Å²) in [6.07, 6.45) is 0.807. The predicted molar refractivity (Wildman–Crippen MR) is 65.0 cm³/mol. The molecule has 0 radical (unpaired) electrons. The summed E-state index contributed by atoms with van der Waals surface area (Å²) in [5.74, 6) is 0.00587. The second-order valence-electron chi connectivity index (χ2n) is 3.81. The van der Waals surface area contributed by atoms with Crippen molar-refractivity contribution >= 4 is 11.7 Å². The third-order valence-electron chi connectivity index (χ3n) is 2.31. The van der Waals surface area contributed by atoms with Crippen molar-refractivity contribution in [3.05, 3.63) is 24.3 Å². The summed E-state index contributed by atoms with van der Waals surface area (Å²) >= 11 is 0. The highest BCUT2D eigenvalue weighted by Gasteiger charge is 2.07. The summed E-state index contributed by atoms with van der Waals surface area (Å²) in [5, 5.41) is 5.25. The number of anilines is 1. The molecule has 0 spiro atoms. The lowest BCUT2D eigenvalue weighted by Gasteiger charge is -2.13. The van der Waals surface area contributed by atoms with E-state index in [9.17, 15) is 13.6 Å². The standard InChI is InChI=1S/C12H16F2N2O2/c1-3-8(2)15-12(17)16-9-5-4-6-10(7-9)18-11(13)14/h4-8,11H,3H2,1-2H3,(H2,15,16,17)/t8-/m1/s1. The Balaban J connectivity index is 2.59. The minimum atomic E-state index is -2.88. The molecule has 6 heteroatoms. The average Bonchev–Trinajstić information content (AvgIpc) is 2.28. The van der Waals surface area contributed by atoms with E-state index in [1.807, 2.05) is 13.8 Å². The topological polar surface area (TPSA) is 50.4 Å². The summed E-state index contributed by atoms with van der Waals surface area (Å²) in [6, 6.07) is 5.52. The summed E-state index contributed by atoms with van der Waals surface area (Å²) in [4.78, 5) is 11.5. The highest BCUT2D eigenvalue weighted by molar-refractivity contribution is 5.89. The van der Waals surface area contributed by atoms with Gasteiger partial charge in [-0.05, 0) is 25.5 Å². The number of carbonyl (C=O) groups excluding carboxylic acids is 1. The Kier molecular flexibility index (Phi) is 5.35. The fraction of sp³-hybridized carbons (Fsp3) is 0.417. The number of urea groups is 1. The Morgan fingerprint density at radius 1 is 1.44 bits per heavy atom. The van der Waals surface area contributed by atoms with E-state index in [0.717, 1.165) is 6.42 Å². The normalized spacial score (nSPS) is 12.1. The SMILES string of the molecule is CC[C@@H](C)NC(=O)Nc1cccc(OC(F)F)c1. The molecule has 0 aliphatic heterocycles. The molecule has 1 aromatic carbocycles. The molecular formula is C12H16F2N2O2. The van der Waals surface area contributed by atoms with Gasteiger partial charge < -0.3 is 15.4 Å². The molecule has 0 unspecified atom stereocenters. The maximum absolute atomic E-state index is 12.0.